The van der Waals surface area contributed by atoms with E-state index in [0.717, 1.165) is 20.1 Å². The van der Waals surface area contributed by atoms with Crippen molar-refractivity contribution in [2.24, 2.45) is 0 Å². The normalized spacial score (nSPS) is 11.8. The van der Waals surface area contributed by atoms with Gasteiger partial charge in [0.2, 0.25) is 5.91 Å². The second-order valence-corrected chi connectivity index (χ2v) is 9.75. The Labute approximate surface area is 199 Å². The van der Waals surface area contributed by atoms with E-state index in [1.54, 1.807) is 30.3 Å². The Morgan fingerprint density at radius 3 is 2.59 bits per heavy atom. The lowest BCUT2D eigenvalue weighted by Crippen LogP contribution is -2.28. The second kappa shape index (κ2) is 10.2. The average Bonchev–Trinajstić information content (AvgIpc) is 3.21. The highest BCUT2D eigenvalue weighted by molar-refractivity contribution is 8.01. The molecule has 2 amide bonds. The van der Waals surface area contributed by atoms with Gasteiger partial charge in [-0.15, -0.1) is 11.3 Å². The molecule has 0 saturated heterocycles. The summed E-state index contributed by atoms with van der Waals surface area (Å²) in [6.07, 6.45) is 0. The van der Waals surface area contributed by atoms with Crippen molar-refractivity contribution in [3.8, 4) is 0 Å². The van der Waals surface area contributed by atoms with Gasteiger partial charge in [0.25, 0.3) is 5.91 Å². The van der Waals surface area contributed by atoms with Crippen LogP contribution in [0.2, 0.25) is 5.02 Å². The standard InChI is InChI=1S/C24H20ClN3O2S2/c1-15(16-7-3-2-4-8-16)26-22(29)14-31-24-28-20-12-11-17(13-21(20)32-24)27-23(30)18-9-5-6-10-19(18)25/h2-13,15H,14H2,1H3,(H,26,29)(H,27,30). The van der Waals surface area contributed by atoms with E-state index in [1.807, 2.05) is 49.4 Å². The van der Waals surface area contributed by atoms with Gasteiger partial charge in [-0.2, -0.15) is 0 Å². The molecule has 2 N–H and O–H groups in total. The first kappa shape index (κ1) is 22.3. The minimum Gasteiger partial charge on any atom is -0.349 e. The molecule has 5 nitrogen and oxygen atoms in total. The highest BCUT2D eigenvalue weighted by Gasteiger charge is 2.13. The maximum Gasteiger partial charge on any atom is 0.257 e. The van der Waals surface area contributed by atoms with E-state index < -0.39 is 0 Å². The minimum atomic E-state index is -0.265. The molecule has 1 atom stereocenters. The zero-order valence-corrected chi connectivity index (χ0v) is 19.6. The van der Waals surface area contributed by atoms with Crippen molar-refractivity contribution in [2.45, 2.75) is 17.3 Å². The van der Waals surface area contributed by atoms with Crippen molar-refractivity contribution in [1.82, 2.24) is 10.3 Å². The van der Waals surface area contributed by atoms with Gasteiger partial charge in [0.15, 0.2) is 4.34 Å². The third kappa shape index (κ3) is 5.48. The molecule has 0 aliphatic carbocycles. The average molecular weight is 482 g/mol. The second-order valence-electron chi connectivity index (χ2n) is 7.08. The van der Waals surface area contributed by atoms with Crippen molar-refractivity contribution >= 4 is 62.4 Å². The lowest BCUT2D eigenvalue weighted by atomic mass is 10.1. The fraction of sp³-hybridized carbons (Fsp3) is 0.125. The number of halogens is 1. The first-order valence-electron chi connectivity index (χ1n) is 9.93. The molecular weight excluding hydrogens is 462 g/mol. The molecular formula is C24H20ClN3O2S2. The van der Waals surface area contributed by atoms with Gasteiger partial charge in [-0.25, -0.2) is 4.98 Å². The van der Waals surface area contributed by atoms with Crippen LogP contribution in [0.1, 0.15) is 28.9 Å². The fourth-order valence-corrected chi connectivity index (χ4v) is 5.26. The van der Waals surface area contributed by atoms with E-state index in [2.05, 4.69) is 15.6 Å². The number of hydrogen-bond donors (Lipinski definition) is 2. The maximum atomic E-state index is 12.5. The first-order valence-corrected chi connectivity index (χ1v) is 12.1. The fourth-order valence-electron chi connectivity index (χ4n) is 3.12. The van der Waals surface area contributed by atoms with Crippen LogP contribution in [0, 0.1) is 0 Å². The quantitative estimate of drug-likeness (QED) is 0.309. The third-order valence-electron chi connectivity index (χ3n) is 4.75. The summed E-state index contributed by atoms with van der Waals surface area (Å²) in [5.41, 5.74) is 2.98. The molecule has 162 valence electrons. The van der Waals surface area contributed by atoms with E-state index in [-0.39, 0.29) is 23.6 Å². The van der Waals surface area contributed by atoms with Crippen LogP contribution >= 0.6 is 34.7 Å². The number of carbonyl (C=O) groups is 2. The number of rotatable bonds is 7. The number of hydrogen-bond acceptors (Lipinski definition) is 5. The van der Waals surface area contributed by atoms with Crippen LogP contribution < -0.4 is 10.6 Å². The number of benzene rings is 3. The van der Waals surface area contributed by atoms with Crippen molar-refractivity contribution in [3.63, 3.8) is 0 Å². The van der Waals surface area contributed by atoms with Crippen LogP contribution in [0.15, 0.2) is 77.1 Å². The topological polar surface area (TPSA) is 71.1 Å². The molecule has 0 aliphatic rings. The summed E-state index contributed by atoms with van der Waals surface area (Å²) in [4.78, 5) is 29.4. The molecule has 0 radical (unpaired) electrons. The summed E-state index contributed by atoms with van der Waals surface area (Å²) in [5.74, 6) is -0.0239. The summed E-state index contributed by atoms with van der Waals surface area (Å²) in [7, 11) is 0. The number of carbonyl (C=O) groups excluding carboxylic acids is 2. The Hall–Kier alpha value is -2.87. The number of thiazole rings is 1. The zero-order chi connectivity index (χ0) is 22.5. The summed E-state index contributed by atoms with van der Waals surface area (Å²) in [5, 5.41) is 6.29. The number of nitrogens with zero attached hydrogens (tertiary/aromatic N) is 1. The number of nitrogens with one attached hydrogen (secondary N) is 2. The van der Waals surface area contributed by atoms with E-state index in [9.17, 15) is 9.59 Å². The first-order chi connectivity index (χ1) is 15.5. The molecule has 0 spiro atoms. The van der Waals surface area contributed by atoms with Crippen LogP contribution in [-0.2, 0) is 4.79 Å². The molecule has 1 unspecified atom stereocenters. The van der Waals surface area contributed by atoms with Crippen molar-refractivity contribution in [1.29, 1.82) is 0 Å². The largest absolute Gasteiger partial charge is 0.349 e. The van der Waals surface area contributed by atoms with Crippen LogP contribution in [0.3, 0.4) is 0 Å². The molecule has 0 bridgehead atoms. The van der Waals surface area contributed by atoms with Gasteiger partial charge in [-0.05, 0) is 42.8 Å². The molecule has 1 aromatic heterocycles. The number of anilines is 1. The molecule has 8 heteroatoms. The smallest absolute Gasteiger partial charge is 0.257 e. The van der Waals surface area contributed by atoms with Crippen LogP contribution in [0.25, 0.3) is 10.2 Å². The van der Waals surface area contributed by atoms with Crippen LogP contribution in [0.4, 0.5) is 5.69 Å². The molecule has 3 aromatic carbocycles. The Morgan fingerprint density at radius 2 is 1.81 bits per heavy atom. The van der Waals surface area contributed by atoms with Crippen LogP contribution in [-0.4, -0.2) is 22.6 Å². The minimum absolute atomic E-state index is 0.0432. The SMILES string of the molecule is CC(NC(=O)CSc1nc2ccc(NC(=O)c3ccccc3Cl)cc2s1)c1ccccc1. The summed E-state index contributed by atoms with van der Waals surface area (Å²) < 4.78 is 1.74. The summed E-state index contributed by atoms with van der Waals surface area (Å²) in [6, 6.07) is 22.3. The lowest BCUT2D eigenvalue weighted by Gasteiger charge is -2.13. The van der Waals surface area contributed by atoms with Crippen molar-refractivity contribution in [2.75, 3.05) is 11.1 Å². The Morgan fingerprint density at radius 1 is 1.06 bits per heavy atom. The highest BCUT2D eigenvalue weighted by atomic mass is 35.5. The van der Waals surface area contributed by atoms with Gasteiger partial charge in [0, 0.05) is 5.69 Å². The van der Waals surface area contributed by atoms with Crippen molar-refractivity contribution in [3.05, 3.63) is 88.9 Å². The number of thioether (sulfide) groups is 1. The van der Waals surface area contributed by atoms with E-state index in [4.69, 9.17) is 11.6 Å². The summed E-state index contributed by atoms with van der Waals surface area (Å²) >= 11 is 9.00. The lowest BCUT2D eigenvalue weighted by molar-refractivity contribution is -0.119. The molecule has 0 saturated carbocycles. The third-order valence-corrected chi connectivity index (χ3v) is 7.24. The molecule has 0 fully saturated rings. The Bertz CT molecular complexity index is 1260. The Kier molecular flexibility index (Phi) is 7.09. The van der Waals surface area contributed by atoms with E-state index in [1.165, 1.54) is 23.1 Å². The molecule has 4 rings (SSSR count). The predicted molar refractivity (Wildman–Crippen MR) is 133 cm³/mol. The number of amides is 2. The predicted octanol–water partition coefficient (Wildman–Crippen LogP) is 6.17. The van der Waals surface area contributed by atoms with Gasteiger partial charge in [0.05, 0.1) is 32.6 Å². The number of fused-ring (bicyclic) bond motifs is 1. The van der Waals surface area contributed by atoms with Gasteiger partial charge in [0.1, 0.15) is 0 Å². The zero-order valence-electron chi connectivity index (χ0n) is 17.2. The van der Waals surface area contributed by atoms with E-state index >= 15 is 0 Å². The summed E-state index contributed by atoms with van der Waals surface area (Å²) in [6.45, 7) is 1.97. The monoisotopic (exact) mass is 481 g/mol. The molecule has 1 heterocycles. The maximum absolute atomic E-state index is 12.5. The van der Waals surface area contributed by atoms with Gasteiger partial charge < -0.3 is 10.6 Å². The number of aromatic nitrogens is 1. The molecule has 0 aliphatic heterocycles. The Balaban J connectivity index is 1.37. The van der Waals surface area contributed by atoms with Crippen molar-refractivity contribution < 1.29 is 9.59 Å². The molecule has 32 heavy (non-hydrogen) atoms. The van der Waals surface area contributed by atoms with Gasteiger partial charge in [-0.1, -0.05) is 65.8 Å². The van der Waals surface area contributed by atoms with Crippen LogP contribution in [0.5, 0.6) is 0 Å². The van der Waals surface area contributed by atoms with Gasteiger partial charge >= 0.3 is 0 Å². The van der Waals surface area contributed by atoms with E-state index in [0.29, 0.717) is 16.3 Å². The highest BCUT2D eigenvalue weighted by Crippen LogP contribution is 2.31. The van der Waals surface area contributed by atoms with Gasteiger partial charge in [-0.3, -0.25) is 9.59 Å². The molecule has 4 aromatic rings.